The molecule has 152 valence electrons. The number of benzene rings is 1. The maximum atomic E-state index is 12.6. The van der Waals surface area contributed by atoms with Crippen LogP contribution in [-0.2, 0) is 13.1 Å². The summed E-state index contributed by atoms with van der Waals surface area (Å²) in [4.78, 5) is 8.56. The van der Waals surface area contributed by atoms with Crippen molar-refractivity contribution in [3.63, 3.8) is 0 Å². The normalized spacial score (nSPS) is 11.3. The van der Waals surface area contributed by atoms with Crippen molar-refractivity contribution in [2.75, 3.05) is 20.8 Å². The monoisotopic (exact) mass is 394 g/mol. The Hall–Kier alpha value is -3.10. The van der Waals surface area contributed by atoms with Crippen LogP contribution in [0.5, 0.6) is 17.4 Å². The van der Waals surface area contributed by atoms with E-state index in [2.05, 4.69) is 25.3 Å². The predicted molar refractivity (Wildman–Crippen MR) is 102 cm³/mol. The molecular weight excluding hydrogens is 370 g/mol. The first-order chi connectivity index (χ1) is 13.5. The molecule has 0 unspecified atom stereocenters. The van der Waals surface area contributed by atoms with Crippen molar-refractivity contribution in [1.82, 2.24) is 15.6 Å². The Bertz CT molecular complexity index is 788. The molecule has 0 amide bonds. The molecule has 0 aliphatic rings. The zero-order chi connectivity index (χ0) is 20.4. The molecule has 0 saturated carbocycles. The minimum Gasteiger partial charge on any atom is -0.497 e. The Labute approximate surface area is 162 Å². The number of methoxy groups -OCH3 is 2. The molecule has 1 aromatic heterocycles. The van der Waals surface area contributed by atoms with E-state index in [1.165, 1.54) is 13.2 Å². The van der Waals surface area contributed by atoms with Crippen molar-refractivity contribution in [1.29, 1.82) is 0 Å². The number of ether oxygens (including phenoxy) is 3. The lowest BCUT2D eigenvalue weighted by Gasteiger charge is -2.15. The van der Waals surface area contributed by atoms with Gasteiger partial charge >= 0.3 is 6.61 Å². The maximum Gasteiger partial charge on any atom is 0.387 e. The van der Waals surface area contributed by atoms with Crippen molar-refractivity contribution in [3.8, 4) is 17.4 Å². The number of nitrogens with zero attached hydrogens (tertiary/aromatic N) is 2. The average molecular weight is 394 g/mol. The third-order valence-electron chi connectivity index (χ3n) is 3.70. The second kappa shape index (κ2) is 10.9. The Balaban J connectivity index is 2.11. The molecule has 9 heteroatoms. The third-order valence-corrected chi connectivity index (χ3v) is 3.70. The van der Waals surface area contributed by atoms with Gasteiger partial charge in [-0.15, -0.1) is 0 Å². The number of aliphatic imine (C=N–C) groups is 1. The fourth-order valence-corrected chi connectivity index (χ4v) is 2.38. The molecule has 0 saturated heterocycles. The molecule has 1 aromatic carbocycles. The van der Waals surface area contributed by atoms with Crippen LogP contribution in [0.4, 0.5) is 8.78 Å². The van der Waals surface area contributed by atoms with E-state index in [1.54, 1.807) is 31.5 Å². The summed E-state index contributed by atoms with van der Waals surface area (Å²) >= 11 is 0. The van der Waals surface area contributed by atoms with Crippen molar-refractivity contribution in [2.45, 2.75) is 26.6 Å². The van der Waals surface area contributed by atoms with Crippen LogP contribution in [0.2, 0.25) is 0 Å². The SMILES string of the molecule is CCNC(=NCc1ccnc(OC)c1)NCc1cc(OC)ccc1OC(F)F. The molecule has 2 aromatic rings. The lowest BCUT2D eigenvalue weighted by molar-refractivity contribution is -0.0504. The molecule has 0 bridgehead atoms. The molecular formula is C19H24F2N4O3. The van der Waals surface area contributed by atoms with Crippen LogP contribution >= 0.6 is 0 Å². The van der Waals surface area contributed by atoms with E-state index < -0.39 is 6.61 Å². The van der Waals surface area contributed by atoms with Crippen LogP contribution < -0.4 is 24.8 Å². The van der Waals surface area contributed by atoms with Crippen molar-refractivity contribution >= 4 is 5.96 Å². The minimum atomic E-state index is -2.91. The van der Waals surface area contributed by atoms with Crippen LogP contribution in [0.3, 0.4) is 0 Å². The predicted octanol–water partition coefficient (Wildman–Crippen LogP) is 2.96. The van der Waals surface area contributed by atoms with E-state index in [0.29, 0.717) is 36.2 Å². The van der Waals surface area contributed by atoms with Gasteiger partial charge in [0, 0.05) is 30.9 Å². The summed E-state index contributed by atoms with van der Waals surface area (Å²) in [6.07, 6.45) is 1.65. The van der Waals surface area contributed by atoms with Gasteiger partial charge in [-0.3, -0.25) is 0 Å². The summed E-state index contributed by atoms with van der Waals surface area (Å²) in [6.45, 7) is 0.293. The number of halogens is 2. The van der Waals surface area contributed by atoms with Gasteiger partial charge in [0.1, 0.15) is 11.5 Å². The summed E-state index contributed by atoms with van der Waals surface area (Å²) in [5.41, 5.74) is 1.45. The van der Waals surface area contributed by atoms with Crippen LogP contribution in [0.25, 0.3) is 0 Å². The summed E-state index contributed by atoms with van der Waals surface area (Å²) in [5.74, 6) is 1.67. The molecule has 2 N–H and O–H groups in total. The minimum absolute atomic E-state index is 0.0815. The second-order valence-corrected chi connectivity index (χ2v) is 5.61. The van der Waals surface area contributed by atoms with Gasteiger partial charge in [0.25, 0.3) is 0 Å². The summed E-state index contributed by atoms with van der Waals surface area (Å²) in [6, 6.07) is 8.30. The van der Waals surface area contributed by atoms with Gasteiger partial charge in [-0.25, -0.2) is 9.98 Å². The zero-order valence-electron chi connectivity index (χ0n) is 16.0. The quantitative estimate of drug-likeness (QED) is 0.503. The molecule has 0 aliphatic carbocycles. The number of rotatable bonds is 9. The van der Waals surface area contributed by atoms with Gasteiger partial charge in [-0.1, -0.05) is 0 Å². The van der Waals surface area contributed by atoms with E-state index in [1.807, 2.05) is 13.0 Å². The molecule has 7 nitrogen and oxygen atoms in total. The lowest BCUT2D eigenvalue weighted by atomic mass is 10.2. The van der Waals surface area contributed by atoms with Gasteiger partial charge < -0.3 is 24.8 Å². The molecule has 0 atom stereocenters. The fourth-order valence-electron chi connectivity index (χ4n) is 2.38. The molecule has 28 heavy (non-hydrogen) atoms. The number of alkyl halides is 2. The smallest absolute Gasteiger partial charge is 0.387 e. The van der Waals surface area contributed by atoms with Crippen LogP contribution in [0, 0.1) is 0 Å². The Morgan fingerprint density at radius 2 is 1.96 bits per heavy atom. The Morgan fingerprint density at radius 3 is 2.64 bits per heavy atom. The first-order valence-corrected chi connectivity index (χ1v) is 8.68. The van der Waals surface area contributed by atoms with Crippen molar-refractivity contribution < 1.29 is 23.0 Å². The lowest BCUT2D eigenvalue weighted by Crippen LogP contribution is -2.36. The molecule has 2 rings (SSSR count). The first-order valence-electron chi connectivity index (χ1n) is 8.68. The number of pyridine rings is 1. The summed E-state index contributed by atoms with van der Waals surface area (Å²) in [5, 5.41) is 6.22. The Morgan fingerprint density at radius 1 is 1.14 bits per heavy atom. The van der Waals surface area contributed by atoms with Crippen molar-refractivity contribution in [2.24, 2.45) is 4.99 Å². The number of aromatic nitrogens is 1. The van der Waals surface area contributed by atoms with E-state index in [4.69, 9.17) is 9.47 Å². The topological polar surface area (TPSA) is 77.0 Å². The summed E-state index contributed by atoms with van der Waals surface area (Å²) < 4.78 is 40.1. The van der Waals surface area contributed by atoms with E-state index in [0.717, 1.165) is 5.56 Å². The highest BCUT2D eigenvalue weighted by molar-refractivity contribution is 5.79. The number of nitrogens with one attached hydrogen (secondary N) is 2. The highest BCUT2D eigenvalue weighted by Gasteiger charge is 2.11. The standard InChI is InChI=1S/C19H24F2N4O3/c1-4-22-19(24-11-13-7-8-23-17(9-13)27-3)25-12-14-10-15(26-2)5-6-16(14)28-18(20)21/h5-10,18H,4,11-12H2,1-3H3,(H2,22,24,25). The molecule has 0 spiro atoms. The van der Waals surface area contributed by atoms with Crippen LogP contribution in [0.15, 0.2) is 41.5 Å². The third kappa shape index (κ3) is 6.57. The maximum absolute atomic E-state index is 12.6. The van der Waals surface area contributed by atoms with Crippen molar-refractivity contribution in [3.05, 3.63) is 47.7 Å². The molecule has 1 heterocycles. The first kappa shape index (κ1) is 21.2. The number of guanidine groups is 1. The van der Waals surface area contributed by atoms with Crippen LogP contribution in [0.1, 0.15) is 18.1 Å². The molecule has 0 fully saturated rings. The van der Waals surface area contributed by atoms with E-state index >= 15 is 0 Å². The van der Waals surface area contributed by atoms with Gasteiger partial charge in [0.15, 0.2) is 5.96 Å². The highest BCUT2D eigenvalue weighted by Crippen LogP contribution is 2.25. The highest BCUT2D eigenvalue weighted by atomic mass is 19.3. The molecule has 0 radical (unpaired) electrons. The largest absolute Gasteiger partial charge is 0.497 e. The van der Waals surface area contributed by atoms with Gasteiger partial charge in [-0.05, 0) is 36.8 Å². The Kier molecular flexibility index (Phi) is 8.26. The fraction of sp³-hybridized carbons (Fsp3) is 0.368. The second-order valence-electron chi connectivity index (χ2n) is 5.61. The van der Waals surface area contributed by atoms with E-state index in [9.17, 15) is 8.78 Å². The summed E-state index contributed by atoms with van der Waals surface area (Å²) in [7, 11) is 3.06. The number of hydrogen-bond acceptors (Lipinski definition) is 5. The van der Waals surface area contributed by atoms with Gasteiger partial charge in [-0.2, -0.15) is 8.78 Å². The zero-order valence-corrected chi connectivity index (χ0v) is 16.0. The van der Waals surface area contributed by atoms with Gasteiger partial charge in [0.05, 0.1) is 20.8 Å². The van der Waals surface area contributed by atoms with Crippen LogP contribution in [-0.4, -0.2) is 38.3 Å². The van der Waals surface area contributed by atoms with Gasteiger partial charge in [0.2, 0.25) is 5.88 Å². The van der Waals surface area contributed by atoms with E-state index in [-0.39, 0.29) is 12.3 Å². The molecule has 0 aliphatic heterocycles. The average Bonchev–Trinajstić information content (AvgIpc) is 2.70. The number of hydrogen-bond donors (Lipinski definition) is 2.